The van der Waals surface area contributed by atoms with Crippen LogP contribution in [0.25, 0.3) is 0 Å². The van der Waals surface area contributed by atoms with Crippen molar-refractivity contribution in [2.24, 2.45) is 0 Å². The van der Waals surface area contributed by atoms with Gasteiger partial charge in [-0.25, -0.2) is 4.98 Å². The molecule has 0 aliphatic carbocycles. The Morgan fingerprint density at radius 1 is 1.28 bits per heavy atom. The zero-order valence-electron chi connectivity index (χ0n) is 10.7. The Bertz CT molecular complexity index is 491. The van der Waals surface area contributed by atoms with Crippen LogP contribution in [0.3, 0.4) is 0 Å². The fraction of sp³-hybridized carbons (Fsp3) is 0.357. The number of nitrogen functional groups attached to an aromatic ring is 1. The second-order valence-electron chi connectivity index (χ2n) is 4.49. The summed E-state index contributed by atoms with van der Waals surface area (Å²) in [6.45, 7) is 4.96. The Hall–Kier alpha value is -1.55. The minimum Gasteiger partial charge on any atom is -0.493 e. The first-order valence-corrected chi connectivity index (χ1v) is 6.96. The van der Waals surface area contributed by atoms with E-state index in [9.17, 15) is 0 Å². The quantitative estimate of drug-likeness (QED) is 0.839. The van der Waals surface area contributed by atoms with Crippen molar-refractivity contribution in [1.29, 1.82) is 0 Å². The molecule has 96 valence electrons. The molecule has 3 nitrogen and oxygen atoms in total. The molecule has 0 amide bonds. The third kappa shape index (κ3) is 3.47. The van der Waals surface area contributed by atoms with Crippen molar-refractivity contribution in [3.63, 3.8) is 0 Å². The van der Waals surface area contributed by atoms with Gasteiger partial charge in [0.1, 0.15) is 5.75 Å². The van der Waals surface area contributed by atoms with E-state index in [-0.39, 0.29) is 0 Å². The molecule has 0 fully saturated rings. The van der Waals surface area contributed by atoms with Gasteiger partial charge in [0.25, 0.3) is 0 Å². The van der Waals surface area contributed by atoms with Crippen molar-refractivity contribution < 1.29 is 4.74 Å². The van der Waals surface area contributed by atoms with Crippen LogP contribution in [-0.4, -0.2) is 11.6 Å². The zero-order valence-corrected chi connectivity index (χ0v) is 11.5. The Kier molecular flexibility index (Phi) is 4.20. The molecule has 1 aromatic heterocycles. The molecule has 1 aromatic carbocycles. The summed E-state index contributed by atoms with van der Waals surface area (Å²) in [4.78, 5) is 4.57. The fourth-order valence-electron chi connectivity index (χ4n) is 1.53. The molecule has 2 N–H and O–H groups in total. The van der Waals surface area contributed by atoms with Crippen molar-refractivity contribution in [3.05, 3.63) is 40.3 Å². The van der Waals surface area contributed by atoms with Gasteiger partial charge in [-0.05, 0) is 30.2 Å². The molecule has 18 heavy (non-hydrogen) atoms. The van der Waals surface area contributed by atoms with Crippen LogP contribution in [-0.2, 0) is 6.42 Å². The average molecular weight is 262 g/mol. The molecule has 0 saturated heterocycles. The van der Waals surface area contributed by atoms with Crippen molar-refractivity contribution in [3.8, 4) is 5.75 Å². The molecule has 0 atom stereocenters. The van der Waals surface area contributed by atoms with Crippen LogP contribution in [0.5, 0.6) is 5.75 Å². The number of anilines is 1. The second kappa shape index (κ2) is 5.87. The predicted molar refractivity (Wildman–Crippen MR) is 76.3 cm³/mol. The monoisotopic (exact) mass is 262 g/mol. The van der Waals surface area contributed by atoms with E-state index in [1.165, 1.54) is 5.69 Å². The molecule has 0 radical (unpaired) electrons. The van der Waals surface area contributed by atoms with Crippen LogP contribution in [0.4, 0.5) is 5.69 Å². The lowest BCUT2D eigenvalue weighted by atomic mass is 10.2. The largest absolute Gasteiger partial charge is 0.493 e. The number of benzene rings is 1. The molecule has 0 aliphatic heterocycles. The van der Waals surface area contributed by atoms with Crippen molar-refractivity contribution in [2.45, 2.75) is 26.2 Å². The van der Waals surface area contributed by atoms with Crippen LogP contribution in [0.15, 0.2) is 29.6 Å². The van der Waals surface area contributed by atoms with Crippen LogP contribution in [0.2, 0.25) is 0 Å². The maximum absolute atomic E-state index is 5.65. The van der Waals surface area contributed by atoms with Gasteiger partial charge in [0.15, 0.2) is 0 Å². The summed E-state index contributed by atoms with van der Waals surface area (Å²) in [5.74, 6) is 1.35. The molecule has 0 spiro atoms. The minimum absolute atomic E-state index is 0.494. The molecule has 0 saturated carbocycles. The SMILES string of the molecule is CC(C)c1csc(CCOc2ccc(N)cc2)n1. The zero-order chi connectivity index (χ0) is 13.0. The summed E-state index contributed by atoms with van der Waals surface area (Å²) in [7, 11) is 0. The van der Waals surface area contributed by atoms with Crippen LogP contribution < -0.4 is 10.5 Å². The van der Waals surface area contributed by atoms with Crippen molar-refractivity contribution >= 4 is 17.0 Å². The smallest absolute Gasteiger partial charge is 0.119 e. The van der Waals surface area contributed by atoms with Crippen LogP contribution >= 0.6 is 11.3 Å². The Balaban J connectivity index is 1.82. The number of rotatable bonds is 5. The third-order valence-corrected chi connectivity index (χ3v) is 3.55. The number of hydrogen-bond acceptors (Lipinski definition) is 4. The lowest BCUT2D eigenvalue weighted by molar-refractivity contribution is 0.321. The van der Waals surface area contributed by atoms with Gasteiger partial charge in [0, 0.05) is 17.5 Å². The number of thiazole rings is 1. The summed E-state index contributed by atoms with van der Waals surface area (Å²) in [5.41, 5.74) is 7.54. The normalized spacial score (nSPS) is 10.8. The van der Waals surface area contributed by atoms with E-state index in [0.29, 0.717) is 12.5 Å². The van der Waals surface area contributed by atoms with Crippen molar-refractivity contribution in [2.75, 3.05) is 12.3 Å². The maximum Gasteiger partial charge on any atom is 0.119 e. The highest BCUT2D eigenvalue weighted by Gasteiger charge is 2.05. The van der Waals surface area contributed by atoms with E-state index in [4.69, 9.17) is 10.5 Å². The standard InChI is InChI=1S/C14H18N2OS/c1-10(2)13-9-18-14(16-13)7-8-17-12-5-3-11(15)4-6-12/h3-6,9-10H,7-8,15H2,1-2H3. The highest BCUT2D eigenvalue weighted by molar-refractivity contribution is 7.09. The van der Waals surface area contributed by atoms with Gasteiger partial charge in [-0.1, -0.05) is 13.8 Å². The molecule has 4 heteroatoms. The average Bonchev–Trinajstić information content (AvgIpc) is 2.81. The van der Waals surface area contributed by atoms with Crippen molar-refractivity contribution in [1.82, 2.24) is 4.98 Å². The van der Waals surface area contributed by atoms with Gasteiger partial charge in [0.2, 0.25) is 0 Å². The van der Waals surface area contributed by atoms with Gasteiger partial charge in [-0.3, -0.25) is 0 Å². The van der Waals surface area contributed by atoms with Gasteiger partial charge >= 0.3 is 0 Å². The number of aromatic nitrogens is 1. The number of nitrogens with zero attached hydrogens (tertiary/aromatic N) is 1. The van der Waals surface area contributed by atoms with Crippen LogP contribution in [0, 0.1) is 0 Å². The Morgan fingerprint density at radius 2 is 2.00 bits per heavy atom. The molecular formula is C14H18N2OS. The molecule has 2 aromatic rings. The predicted octanol–water partition coefficient (Wildman–Crippen LogP) is 3.47. The third-order valence-electron chi connectivity index (χ3n) is 2.63. The van der Waals surface area contributed by atoms with E-state index < -0.39 is 0 Å². The molecule has 0 bridgehead atoms. The van der Waals surface area contributed by atoms with E-state index in [1.54, 1.807) is 11.3 Å². The number of hydrogen-bond donors (Lipinski definition) is 1. The first kappa shape index (κ1) is 12.9. The topological polar surface area (TPSA) is 48.1 Å². The first-order chi connectivity index (χ1) is 8.65. The van der Waals surface area contributed by atoms with Gasteiger partial charge in [-0.15, -0.1) is 11.3 Å². The number of nitrogens with two attached hydrogens (primary N) is 1. The maximum atomic E-state index is 5.65. The molecule has 0 aliphatic rings. The lowest BCUT2D eigenvalue weighted by Crippen LogP contribution is -2.01. The highest BCUT2D eigenvalue weighted by Crippen LogP contribution is 2.18. The molecule has 0 unspecified atom stereocenters. The van der Waals surface area contributed by atoms with Gasteiger partial charge in [0.05, 0.1) is 17.3 Å². The second-order valence-corrected chi connectivity index (χ2v) is 5.43. The first-order valence-electron chi connectivity index (χ1n) is 6.08. The van der Waals surface area contributed by atoms with Gasteiger partial charge in [-0.2, -0.15) is 0 Å². The Morgan fingerprint density at radius 3 is 2.61 bits per heavy atom. The van der Waals surface area contributed by atoms with Gasteiger partial charge < -0.3 is 10.5 Å². The minimum atomic E-state index is 0.494. The summed E-state index contributed by atoms with van der Waals surface area (Å²) < 4.78 is 5.65. The van der Waals surface area contributed by atoms with E-state index in [1.807, 2.05) is 24.3 Å². The molecular weight excluding hydrogens is 244 g/mol. The summed E-state index contributed by atoms with van der Waals surface area (Å²) in [6, 6.07) is 7.46. The number of ether oxygens (including phenoxy) is 1. The molecule has 1 heterocycles. The fourth-order valence-corrected chi connectivity index (χ4v) is 2.47. The lowest BCUT2D eigenvalue weighted by Gasteiger charge is -2.04. The summed E-state index contributed by atoms with van der Waals surface area (Å²) in [6.07, 6.45) is 0.849. The van der Waals surface area contributed by atoms with Crippen LogP contribution in [0.1, 0.15) is 30.5 Å². The Labute approximate surface area is 112 Å². The molecule has 2 rings (SSSR count). The summed E-state index contributed by atoms with van der Waals surface area (Å²) in [5, 5.41) is 3.26. The van der Waals surface area contributed by atoms with E-state index in [0.717, 1.165) is 22.9 Å². The van der Waals surface area contributed by atoms with E-state index >= 15 is 0 Å². The highest BCUT2D eigenvalue weighted by atomic mass is 32.1. The van der Waals surface area contributed by atoms with E-state index in [2.05, 4.69) is 24.2 Å². The summed E-state index contributed by atoms with van der Waals surface area (Å²) >= 11 is 1.70.